The van der Waals surface area contributed by atoms with Crippen LogP contribution in [0.25, 0.3) is 16.5 Å². The molecule has 0 radical (unpaired) electrons. The lowest BCUT2D eigenvalue weighted by Crippen LogP contribution is -2.47. The third kappa shape index (κ3) is 5.11. The van der Waals surface area contributed by atoms with Crippen molar-refractivity contribution in [3.63, 3.8) is 0 Å². The number of nitrogens with zero attached hydrogens (tertiary/aromatic N) is 2. The molecule has 2 unspecified atom stereocenters. The van der Waals surface area contributed by atoms with Crippen LogP contribution in [0.3, 0.4) is 0 Å². The second kappa shape index (κ2) is 11.8. The van der Waals surface area contributed by atoms with Crippen LogP contribution in [0.2, 0.25) is 0 Å². The Balaban J connectivity index is 1.52. The van der Waals surface area contributed by atoms with Crippen molar-refractivity contribution in [3.05, 3.63) is 112 Å². The number of fused-ring (bicyclic) bond motifs is 2. The van der Waals surface area contributed by atoms with Gasteiger partial charge in [0.15, 0.2) is 0 Å². The number of aromatic nitrogens is 1. The van der Waals surface area contributed by atoms with Crippen LogP contribution in [0.5, 0.6) is 0 Å². The number of piperidine rings is 1. The van der Waals surface area contributed by atoms with Gasteiger partial charge in [0.1, 0.15) is 0 Å². The van der Waals surface area contributed by atoms with Gasteiger partial charge < -0.3 is 5.32 Å². The fourth-order valence-electron chi connectivity index (χ4n) is 7.10. The van der Waals surface area contributed by atoms with Crippen LogP contribution < -0.4 is 10.9 Å². The second-order valence-corrected chi connectivity index (χ2v) is 11.4. The lowest BCUT2D eigenvalue weighted by atomic mass is 9.78. The highest BCUT2D eigenvalue weighted by Crippen LogP contribution is 2.37. The first-order valence-electron chi connectivity index (χ1n) is 15.0. The van der Waals surface area contributed by atoms with Gasteiger partial charge in [0, 0.05) is 29.0 Å². The smallest absolute Gasteiger partial charge is 0.263 e. The summed E-state index contributed by atoms with van der Waals surface area (Å²) in [5.74, 6) is 0.587. The summed E-state index contributed by atoms with van der Waals surface area (Å²) in [4.78, 5) is 31.1. The summed E-state index contributed by atoms with van der Waals surface area (Å²) >= 11 is 0. The number of rotatable bonds is 7. The number of carbonyl (C=O) groups is 1. The third-order valence-electron chi connectivity index (χ3n) is 9.06. The maximum Gasteiger partial charge on any atom is 0.263 e. The number of likely N-dealkylation sites (tertiary alicyclic amines) is 1. The zero-order valence-electron chi connectivity index (χ0n) is 23.4. The van der Waals surface area contributed by atoms with Crippen LogP contribution in [0.15, 0.2) is 89.7 Å². The first-order valence-corrected chi connectivity index (χ1v) is 15.0. The summed E-state index contributed by atoms with van der Waals surface area (Å²) < 4.78 is 1.81. The molecule has 6 rings (SSSR count). The molecule has 4 aromatic rings. The quantitative estimate of drug-likeness (QED) is 0.278. The standard InChI is InChI=1S/C35H39N3O2/c1-2-30(25-14-5-3-6-15-25)36-34(39)33-28-20-10-11-21-29(28)35(40)38(27-18-7-4-8-19-27)32(33)24-37-23-13-17-26-16-9-12-22-31(26)37/h3-8,10-11,14-15,18-21,26,30-31H,2,9,12-13,16-17,22-24H2,1H3,(H,36,39)/t26?,30-,31?/m0/s1. The summed E-state index contributed by atoms with van der Waals surface area (Å²) in [6, 6.07) is 28.0. The van der Waals surface area contributed by atoms with Gasteiger partial charge in [0.25, 0.3) is 11.5 Å². The Labute approximate surface area is 236 Å². The highest BCUT2D eigenvalue weighted by molar-refractivity contribution is 6.08. The molecule has 3 atom stereocenters. The van der Waals surface area contributed by atoms with Gasteiger partial charge in [-0.15, -0.1) is 0 Å². The molecule has 1 aliphatic carbocycles. The molecule has 0 spiro atoms. The van der Waals surface area contributed by atoms with Gasteiger partial charge in [-0.3, -0.25) is 19.1 Å². The number of amides is 1. The summed E-state index contributed by atoms with van der Waals surface area (Å²) in [6.07, 6.45) is 8.27. The number of carbonyl (C=O) groups excluding carboxylic acids is 1. The van der Waals surface area contributed by atoms with E-state index in [4.69, 9.17) is 0 Å². The van der Waals surface area contributed by atoms with E-state index < -0.39 is 0 Å². The normalized spacial score (nSPS) is 20.1. The van der Waals surface area contributed by atoms with Gasteiger partial charge in [-0.05, 0) is 68.3 Å². The third-order valence-corrected chi connectivity index (χ3v) is 9.06. The molecule has 1 amide bonds. The summed E-state index contributed by atoms with van der Waals surface area (Å²) in [7, 11) is 0. The molecule has 206 valence electrons. The average Bonchev–Trinajstić information content (AvgIpc) is 3.01. The Morgan fingerprint density at radius 2 is 1.50 bits per heavy atom. The largest absolute Gasteiger partial charge is 0.345 e. The molecule has 1 saturated heterocycles. The predicted molar refractivity (Wildman–Crippen MR) is 162 cm³/mol. The molecule has 1 aromatic heterocycles. The highest BCUT2D eigenvalue weighted by atomic mass is 16.2. The lowest BCUT2D eigenvalue weighted by molar-refractivity contribution is 0.0528. The summed E-state index contributed by atoms with van der Waals surface area (Å²) in [5.41, 5.74) is 3.23. The fraction of sp³-hybridized carbons (Fsp3) is 0.371. The van der Waals surface area contributed by atoms with Gasteiger partial charge in [0.05, 0.1) is 17.3 Å². The van der Waals surface area contributed by atoms with E-state index in [1.165, 1.54) is 32.1 Å². The number of hydrogen-bond donors (Lipinski definition) is 1. The van der Waals surface area contributed by atoms with Crippen molar-refractivity contribution < 1.29 is 4.79 Å². The van der Waals surface area contributed by atoms with E-state index in [0.717, 1.165) is 41.7 Å². The zero-order valence-corrected chi connectivity index (χ0v) is 23.4. The fourth-order valence-corrected chi connectivity index (χ4v) is 7.10. The Bertz CT molecular complexity index is 1530. The number of para-hydroxylation sites is 1. The number of benzene rings is 3. The Morgan fingerprint density at radius 3 is 2.25 bits per heavy atom. The van der Waals surface area contributed by atoms with E-state index in [1.807, 2.05) is 77.4 Å². The van der Waals surface area contributed by atoms with E-state index in [2.05, 4.69) is 29.3 Å². The van der Waals surface area contributed by atoms with Crippen molar-refractivity contribution in [2.75, 3.05) is 6.54 Å². The van der Waals surface area contributed by atoms with Crippen LogP contribution in [0.1, 0.15) is 79.5 Å². The molecule has 5 heteroatoms. The van der Waals surface area contributed by atoms with Crippen LogP contribution in [0.4, 0.5) is 0 Å². The van der Waals surface area contributed by atoms with Crippen LogP contribution in [0, 0.1) is 5.92 Å². The minimum Gasteiger partial charge on any atom is -0.345 e. The number of pyridine rings is 1. The van der Waals surface area contributed by atoms with Gasteiger partial charge in [0.2, 0.25) is 0 Å². The second-order valence-electron chi connectivity index (χ2n) is 11.4. The van der Waals surface area contributed by atoms with E-state index in [9.17, 15) is 9.59 Å². The molecule has 3 aromatic carbocycles. The molecule has 1 aliphatic heterocycles. The maximum atomic E-state index is 14.4. The van der Waals surface area contributed by atoms with Crippen LogP contribution in [-0.2, 0) is 6.54 Å². The average molecular weight is 534 g/mol. The first-order chi connectivity index (χ1) is 19.7. The molecule has 2 heterocycles. The molecular formula is C35H39N3O2. The molecule has 1 saturated carbocycles. The van der Waals surface area contributed by atoms with Crippen molar-refractivity contribution in [2.24, 2.45) is 5.92 Å². The minimum absolute atomic E-state index is 0.0688. The van der Waals surface area contributed by atoms with E-state index in [-0.39, 0.29) is 17.5 Å². The van der Waals surface area contributed by atoms with Crippen molar-refractivity contribution >= 4 is 16.7 Å². The van der Waals surface area contributed by atoms with E-state index >= 15 is 0 Å². The molecule has 5 nitrogen and oxygen atoms in total. The van der Waals surface area contributed by atoms with Crippen molar-refractivity contribution in [1.82, 2.24) is 14.8 Å². The van der Waals surface area contributed by atoms with Gasteiger partial charge in [-0.1, -0.05) is 86.5 Å². The molecular weight excluding hydrogens is 494 g/mol. The van der Waals surface area contributed by atoms with Crippen LogP contribution in [-0.4, -0.2) is 28.0 Å². The topological polar surface area (TPSA) is 54.3 Å². The predicted octanol–water partition coefficient (Wildman–Crippen LogP) is 7.03. The van der Waals surface area contributed by atoms with E-state index in [0.29, 0.717) is 29.5 Å². The number of hydrogen-bond acceptors (Lipinski definition) is 3. The molecule has 40 heavy (non-hydrogen) atoms. The Morgan fingerprint density at radius 1 is 0.850 bits per heavy atom. The van der Waals surface area contributed by atoms with Crippen molar-refractivity contribution in [1.29, 1.82) is 0 Å². The monoisotopic (exact) mass is 533 g/mol. The van der Waals surface area contributed by atoms with E-state index in [1.54, 1.807) is 0 Å². The maximum absolute atomic E-state index is 14.4. The Hall–Kier alpha value is -3.70. The highest BCUT2D eigenvalue weighted by Gasteiger charge is 2.35. The molecule has 0 bridgehead atoms. The Kier molecular flexibility index (Phi) is 7.83. The summed E-state index contributed by atoms with van der Waals surface area (Å²) in [5, 5.41) is 4.65. The minimum atomic E-state index is -0.121. The molecule has 2 aliphatic rings. The SMILES string of the molecule is CC[C@H](NC(=O)c1c(CN2CCCC3CCCCC32)n(-c2ccccc2)c(=O)c2ccccc12)c1ccccc1. The zero-order chi connectivity index (χ0) is 27.5. The first kappa shape index (κ1) is 26.5. The van der Waals surface area contributed by atoms with Crippen molar-refractivity contribution in [3.8, 4) is 5.69 Å². The lowest BCUT2D eigenvalue weighted by Gasteiger charge is -2.44. The van der Waals surface area contributed by atoms with Gasteiger partial charge in [-0.25, -0.2) is 0 Å². The number of nitrogens with one attached hydrogen (secondary N) is 1. The molecule has 1 N–H and O–H groups in total. The van der Waals surface area contributed by atoms with Crippen LogP contribution >= 0.6 is 0 Å². The van der Waals surface area contributed by atoms with Crippen molar-refractivity contribution in [2.45, 2.75) is 70.5 Å². The molecule has 2 fully saturated rings. The summed E-state index contributed by atoms with van der Waals surface area (Å²) in [6.45, 7) is 3.68. The van der Waals surface area contributed by atoms with Gasteiger partial charge >= 0.3 is 0 Å². The van der Waals surface area contributed by atoms with Gasteiger partial charge in [-0.2, -0.15) is 0 Å².